The van der Waals surface area contributed by atoms with E-state index in [0.717, 1.165) is 42.9 Å². The SMILES string of the molecule is C[C@@H]1Cc2ccccc2N1CC(=O)N1CCC[C@@H]1c1ccc2c(c1)OCCO2. The van der Waals surface area contributed by atoms with Gasteiger partial charge in [0.1, 0.15) is 13.2 Å². The molecule has 0 N–H and O–H groups in total. The molecule has 2 aromatic rings. The maximum atomic E-state index is 13.3. The van der Waals surface area contributed by atoms with E-state index in [0.29, 0.717) is 25.8 Å². The minimum Gasteiger partial charge on any atom is -0.486 e. The number of fused-ring (bicyclic) bond motifs is 2. The summed E-state index contributed by atoms with van der Waals surface area (Å²) >= 11 is 0. The summed E-state index contributed by atoms with van der Waals surface area (Å²) in [7, 11) is 0. The summed E-state index contributed by atoms with van der Waals surface area (Å²) in [5, 5.41) is 0. The highest BCUT2D eigenvalue weighted by Gasteiger charge is 2.34. The summed E-state index contributed by atoms with van der Waals surface area (Å²) in [6.07, 6.45) is 3.05. The third-order valence-corrected chi connectivity index (χ3v) is 6.18. The number of anilines is 1. The van der Waals surface area contributed by atoms with E-state index in [1.807, 2.05) is 6.07 Å². The third-order valence-electron chi connectivity index (χ3n) is 6.18. The first-order chi connectivity index (χ1) is 13.7. The van der Waals surface area contributed by atoms with Gasteiger partial charge in [-0.15, -0.1) is 0 Å². The fourth-order valence-corrected chi connectivity index (χ4v) is 4.79. The Bertz CT molecular complexity index is 897. The van der Waals surface area contributed by atoms with Gasteiger partial charge in [-0.2, -0.15) is 0 Å². The molecular weight excluding hydrogens is 352 g/mol. The fourth-order valence-electron chi connectivity index (χ4n) is 4.79. The average molecular weight is 378 g/mol. The highest BCUT2D eigenvalue weighted by atomic mass is 16.6. The highest BCUT2D eigenvalue weighted by Crippen LogP contribution is 2.39. The van der Waals surface area contributed by atoms with Crippen molar-refractivity contribution in [2.45, 2.75) is 38.3 Å². The molecule has 3 heterocycles. The topological polar surface area (TPSA) is 42.0 Å². The molecule has 0 bridgehead atoms. The lowest BCUT2D eigenvalue weighted by Gasteiger charge is -2.31. The number of carbonyl (C=O) groups excluding carboxylic acids is 1. The van der Waals surface area contributed by atoms with Gasteiger partial charge >= 0.3 is 0 Å². The minimum absolute atomic E-state index is 0.122. The van der Waals surface area contributed by atoms with Crippen LogP contribution in [0.1, 0.15) is 36.9 Å². The molecule has 5 rings (SSSR count). The lowest BCUT2D eigenvalue weighted by atomic mass is 10.0. The first kappa shape index (κ1) is 17.4. The van der Waals surface area contributed by atoms with Gasteiger partial charge in [0.05, 0.1) is 12.6 Å². The van der Waals surface area contributed by atoms with Crippen LogP contribution in [0.4, 0.5) is 5.69 Å². The molecule has 0 unspecified atom stereocenters. The molecule has 1 amide bonds. The number of para-hydroxylation sites is 1. The van der Waals surface area contributed by atoms with Gasteiger partial charge in [0.25, 0.3) is 0 Å². The molecule has 0 aromatic heterocycles. The monoisotopic (exact) mass is 378 g/mol. The molecule has 2 atom stereocenters. The Kier molecular flexibility index (Phi) is 4.38. The molecular formula is C23H26N2O3. The van der Waals surface area contributed by atoms with Crippen molar-refractivity contribution in [1.82, 2.24) is 4.90 Å². The largest absolute Gasteiger partial charge is 0.486 e. The van der Waals surface area contributed by atoms with Crippen molar-refractivity contribution in [1.29, 1.82) is 0 Å². The van der Waals surface area contributed by atoms with Crippen molar-refractivity contribution in [2.24, 2.45) is 0 Å². The summed E-state index contributed by atoms with van der Waals surface area (Å²) < 4.78 is 11.4. The normalized spacial score (nSPS) is 23.0. The second-order valence-electron chi connectivity index (χ2n) is 7.96. The van der Waals surface area contributed by atoms with Crippen LogP contribution in [0.25, 0.3) is 0 Å². The third kappa shape index (κ3) is 2.99. The lowest BCUT2D eigenvalue weighted by Crippen LogP contribution is -2.42. The van der Waals surface area contributed by atoms with E-state index in [4.69, 9.17) is 9.47 Å². The number of ether oxygens (including phenoxy) is 2. The van der Waals surface area contributed by atoms with Crippen molar-refractivity contribution < 1.29 is 14.3 Å². The maximum Gasteiger partial charge on any atom is 0.242 e. The smallest absolute Gasteiger partial charge is 0.242 e. The van der Waals surface area contributed by atoms with Gasteiger partial charge in [-0.25, -0.2) is 0 Å². The zero-order valence-corrected chi connectivity index (χ0v) is 16.3. The molecule has 1 fully saturated rings. The second-order valence-corrected chi connectivity index (χ2v) is 7.96. The van der Waals surface area contributed by atoms with Crippen molar-refractivity contribution in [3.63, 3.8) is 0 Å². The summed E-state index contributed by atoms with van der Waals surface area (Å²) in [4.78, 5) is 17.6. The molecule has 28 heavy (non-hydrogen) atoms. The van der Waals surface area contributed by atoms with Gasteiger partial charge < -0.3 is 19.3 Å². The zero-order chi connectivity index (χ0) is 19.1. The summed E-state index contributed by atoms with van der Waals surface area (Å²) in [5.41, 5.74) is 3.69. The van der Waals surface area contributed by atoms with Crippen molar-refractivity contribution in [3.05, 3.63) is 53.6 Å². The van der Waals surface area contributed by atoms with Gasteiger partial charge in [0, 0.05) is 18.3 Å². The second kappa shape index (κ2) is 7.04. The highest BCUT2D eigenvalue weighted by molar-refractivity contribution is 5.83. The van der Waals surface area contributed by atoms with Crippen LogP contribution in [0.5, 0.6) is 11.5 Å². The molecule has 0 saturated carbocycles. The van der Waals surface area contributed by atoms with Crippen molar-refractivity contribution in [3.8, 4) is 11.5 Å². The van der Waals surface area contributed by atoms with Crippen LogP contribution in [-0.4, -0.2) is 43.2 Å². The van der Waals surface area contributed by atoms with E-state index in [-0.39, 0.29) is 11.9 Å². The van der Waals surface area contributed by atoms with Gasteiger partial charge in [0.15, 0.2) is 11.5 Å². The summed E-state index contributed by atoms with van der Waals surface area (Å²) in [6.45, 7) is 4.64. The number of rotatable bonds is 3. The summed E-state index contributed by atoms with van der Waals surface area (Å²) in [5.74, 6) is 1.81. The maximum absolute atomic E-state index is 13.3. The molecule has 0 radical (unpaired) electrons. The van der Waals surface area contributed by atoms with Crippen LogP contribution in [0.3, 0.4) is 0 Å². The quantitative estimate of drug-likeness (QED) is 0.819. The van der Waals surface area contributed by atoms with Crippen LogP contribution >= 0.6 is 0 Å². The van der Waals surface area contributed by atoms with Crippen LogP contribution in [0, 0.1) is 0 Å². The van der Waals surface area contributed by atoms with E-state index >= 15 is 0 Å². The van der Waals surface area contributed by atoms with Gasteiger partial charge in [-0.3, -0.25) is 4.79 Å². The first-order valence-corrected chi connectivity index (χ1v) is 10.2. The number of benzene rings is 2. The van der Waals surface area contributed by atoms with E-state index in [9.17, 15) is 4.79 Å². The number of likely N-dealkylation sites (tertiary alicyclic amines) is 1. The van der Waals surface area contributed by atoms with E-state index in [2.05, 4.69) is 53.1 Å². The van der Waals surface area contributed by atoms with E-state index in [1.165, 1.54) is 11.3 Å². The Morgan fingerprint density at radius 1 is 1.11 bits per heavy atom. The summed E-state index contributed by atoms with van der Waals surface area (Å²) in [6, 6.07) is 15.0. The fraction of sp³-hybridized carbons (Fsp3) is 0.435. The zero-order valence-electron chi connectivity index (χ0n) is 16.3. The Labute approximate surface area is 165 Å². The standard InChI is InChI=1S/C23H26N2O3/c1-16-13-17-5-2-3-6-20(17)25(16)15-23(26)24-10-4-7-19(24)18-8-9-21-22(14-18)28-12-11-27-21/h2-3,5-6,8-9,14,16,19H,4,7,10-13,15H2,1H3/t16-,19-/m1/s1. The predicted molar refractivity (Wildman–Crippen MR) is 108 cm³/mol. The Morgan fingerprint density at radius 3 is 2.82 bits per heavy atom. The Hall–Kier alpha value is -2.69. The number of nitrogens with zero attached hydrogens (tertiary/aromatic N) is 2. The van der Waals surface area contributed by atoms with Gasteiger partial charge in [0.2, 0.25) is 5.91 Å². The Morgan fingerprint density at radius 2 is 1.93 bits per heavy atom. The van der Waals surface area contributed by atoms with Crippen molar-refractivity contribution in [2.75, 3.05) is 31.2 Å². The van der Waals surface area contributed by atoms with Crippen LogP contribution < -0.4 is 14.4 Å². The van der Waals surface area contributed by atoms with E-state index < -0.39 is 0 Å². The first-order valence-electron chi connectivity index (χ1n) is 10.2. The van der Waals surface area contributed by atoms with E-state index in [1.54, 1.807) is 0 Å². The Balaban J connectivity index is 1.35. The number of carbonyl (C=O) groups is 1. The molecule has 3 aliphatic heterocycles. The minimum atomic E-state index is 0.122. The van der Waals surface area contributed by atoms with Crippen molar-refractivity contribution >= 4 is 11.6 Å². The van der Waals surface area contributed by atoms with Gasteiger partial charge in [-0.1, -0.05) is 24.3 Å². The molecule has 146 valence electrons. The average Bonchev–Trinajstić information content (AvgIpc) is 3.33. The molecule has 5 heteroatoms. The van der Waals surface area contributed by atoms with Gasteiger partial charge in [-0.05, 0) is 55.5 Å². The molecule has 1 saturated heterocycles. The predicted octanol–water partition coefficient (Wildman–Crippen LogP) is 3.57. The van der Waals surface area contributed by atoms with Crippen LogP contribution in [0.15, 0.2) is 42.5 Å². The molecule has 5 nitrogen and oxygen atoms in total. The lowest BCUT2D eigenvalue weighted by molar-refractivity contribution is -0.130. The number of hydrogen-bond acceptors (Lipinski definition) is 4. The number of amides is 1. The molecule has 0 spiro atoms. The molecule has 0 aliphatic carbocycles. The van der Waals surface area contributed by atoms with Crippen LogP contribution in [-0.2, 0) is 11.2 Å². The molecule has 2 aromatic carbocycles. The number of hydrogen-bond donors (Lipinski definition) is 0. The molecule has 3 aliphatic rings. The van der Waals surface area contributed by atoms with Crippen LogP contribution in [0.2, 0.25) is 0 Å².